The van der Waals surface area contributed by atoms with Crippen molar-refractivity contribution < 1.29 is 14.7 Å². The van der Waals surface area contributed by atoms with Gasteiger partial charge in [-0.25, -0.2) is 4.79 Å². The Bertz CT molecular complexity index is 731. The fourth-order valence-corrected chi connectivity index (χ4v) is 2.23. The van der Waals surface area contributed by atoms with E-state index >= 15 is 0 Å². The predicted molar refractivity (Wildman–Crippen MR) is 82.8 cm³/mol. The highest BCUT2D eigenvalue weighted by molar-refractivity contribution is 6.44. The van der Waals surface area contributed by atoms with Crippen molar-refractivity contribution in [1.82, 2.24) is 0 Å². The molecule has 0 heterocycles. The maximum Gasteiger partial charge on any atom is 0.337 e. The largest absolute Gasteiger partial charge is 0.478 e. The van der Waals surface area contributed by atoms with Crippen LogP contribution in [0.15, 0.2) is 36.4 Å². The number of nitrogens with one attached hydrogen (secondary N) is 1. The zero-order valence-corrected chi connectivity index (χ0v) is 12.6. The van der Waals surface area contributed by atoms with E-state index in [9.17, 15) is 9.59 Å². The summed E-state index contributed by atoms with van der Waals surface area (Å²) in [6, 6.07) is 8.81. The van der Waals surface area contributed by atoms with E-state index in [4.69, 9.17) is 39.9 Å². The summed E-state index contributed by atoms with van der Waals surface area (Å²) in [7, 11) is 0. The molecule has 7 heteroatoms. The van der Waals surface area contributed by atoms with E-state index in [-0.39, 0.29) is 31.9 Å². The highest BCUT2D eigenvalue weighted by Gasteiger charge is 2.15. The van der Waals surface area contributed by atoms with Crippen molar-refractivity contribution in [1.29, 1.82) is 0 Å². The molecule has 0 saturated heterocycles. The van der Waals surface area contributed by atoms with Gasteiger partial charge in [0.1, 0.15) is 0 Å². The second-order valence-electron chi connectivity index (χ2n) is 4.06. The van der Waals surface area contributed by atoms with Gasteiger partial charge in [0.2, 0.25) is 0 Å². The zero-order valence-electron chi connectivity index (χ0n) is 10.4. The fraction of sp³-hybridized carbons (Fsp3) is 0. The lowest BCUT2D eigenvalue weighted by atomic mass is 10.1. The summed E-state index contributed by atoms with van der Waals surface area (Å²) in [5.41, 5.74) is 0.375. The van der Waals surface area contributed by atoms with Gasteiger partial charge < -0.3 is 10.4 Å². The summed E-state index contributed by atoms with van der Waals surface area (Å²) in [6.45, 7) is 0. The molecular weight excluding hydrogens is 337 g/mol. The van der Waals surface area contributed by atoms with Crippen molar-refractivity contribution in [2.45, 2.75) is 0 Å². The molecule has 0 radical (unpaired) electrons. The van der Waals surface area contributed by atoms with E-state index in [1.165, 1.54) is 24.3 Å². The molecule has 21 heavy (non-hydrogen) atoms. The van der Waals surface area contributed by atoms with E-state index in [0.717, 1.165) is 0 Å². The van der Waals surface area contributed by atoms with Gasteiger partial charge in [0, 0.05) is 5.69 Å². The zero-order chi connectivity index (χ0) is 15.6. The fourth-order valence-electron chi connectivity index (χ4n) is 1.64. The average Bonchev–Trinajstić information content (AvgIpc) is 2.43. The molecule has 0 aliphatic heterocycles. The van der Waals surface area contributed by atoms with Crippen LogP contribution in [0.2, 0.25) is 15.1 Å². The molecule has 2 aromatic rings. The first-order chi connectivity index (χ1) is 9.90. The molecule has 2 aromatic carbocycles. The average molecular weight is 345 g/mol. The number of anilines is 1. The van der Waals surface area contributed by atoms with Gasteiger partial charge in [-0.3, -0.25) is 4.79 Å². The predicted octanol–water partition coefficient (Wildman–Crippen LogP) is 4.60. The van der Waals surface area contributed by atoms with Crippen LogP contribution in [0.4, 0.5) is 5.69 Å². The third kappa shape index (κ3) is 3.47. The third-order valence-electron chi connectivity index (χ3n) is 2.65. The summed E-state index contributed by atoms with van der Waals surface area (Å²) < 4.78 is 0. The minimum absolute atomic E-state index is 0.0845. The first kappa shape index (κ1) is 15.6. The van der Waals surface area contributed by atoms with Crippen molar-refractivity contribution >= 4 is 52.4 Å². The number of amides is 1. The van der Waals surface area contributed by atoms with Gasteiger partial charge in [-0.2, -0.15) is 0 Å². The molecule has 0 fully saturated rings. The van der Waals surface area contributed by atoms with E-state index < -0.39 is 11.9 Å². The SMILES string of the molecule is O=C(O)c1cc(NC(=O)c2cccc(Cl)c2Cl)ccc1Cl. The molecule has 0 spiro atoms. The Morgan fingerprint density at radius 2 is 1.67 bits per heavy atom. The smallest absolute Gasteiger partial charge is 0.337 e. The van der Waals surface area contributed by atoms with Crippen LogP contribution in [0.3, 0.4) is 0 Å². The molecule has 0 unspecified atom stereocenters. The second kappa shape index (κ2) is 6.35. The normalized spacial score (nSPS) is 10.2. The van der Waals surface area contributed by atoms with Gasteiger partial charge >= 0.3 is 5.97 Å². The Morgan fingerprint density at radius 3 is 2.33 bits per heavy atom. The second-order valence-corrected chi connectivity index (χ2v) is 5.25. The van der Waals surface area contributed by atoms with Gasteiger partial charge in [-0.1, -0.05) is 40.9 Å². The van der Waals surface area contributed by atoms with E-state index in [1.807, 2.05) is 0 Å². The van der Waals surface area contributed by atoms with Crippen molar-refractivity contribution in [2.75, 3.05) is 5.32 Å². The van der Waals surface area contributed by atoms with Crippen LogP contribution >= 0.6 is 34.8 Å². The van der Waals surface area contributed by atoms with Crippen LogP contribution < -0.4 is 5.32 Å². The van der Waals surface area contributed by atoms with Gasteiger partial charge in [0.05, 0.1) is 26.2 Å². The van der Waals surface area contributed by atoms with E-state index in [0.29, 0.717) is 0 Å². The number of aromatic carboxylic acids is 1. The number of rotatable bonds is 3. The van der Waals surface area contributed by atoms with E-state index in [2.05, 4.69) is 5.32 Å². The molecule has 1 amide bonds. The van der Waals surface area contributed by atoms with Gasteiger partial charge in [0.25, 0.3) is 5.91 Å². The number of carboxylic acid groups (broad SMARTS) is 1. The maximum atomic E-state index is 12.1. The molecule has 0 atom stereocenters. The first-order valence-corrected chi connectivity index (χ1v) is 6.81. The number of carbonyl (C=O) groups excluding carboxylic acids is 1. The first-order valence-electron chi connectivity index (χ1n) is 5.68. The van der Waals surface area contributed by atoms with Crippen molar-refractivity contribution in [2.24, 2.45) is 0 Å². The Labute approximate surface area is 135 Å². The molecule has 2 rings (SSSR count). The number of benzene rings is 2. The summed E-state index contributed by atoms with van der Waals surface area (Å²) in [4.78, 5) is 23.1. The Balaban J connectivity index is 2.30. The van der Waals surface area contributed by atoms with Crippen LogP contribution in [0.5, 0.6) is 0 Å². The monoisotopic (exact) mass is 343 g/mol. The number of carbonyl (C=O) groups is 2. The summed E-state index contributed by atoms with van der Waals surface area (Å²) in [5, 5.41) is 12.0. The van der Waals surface area contributed by atoms with Gasteiger partial charge in [0.15, 0.2) is 0 Å². The third-order valence-corrected chi connectivity index (χ3v) is 3.80. The molecule has 0 aromatic heterocycles. The molecule has 0 saturated carbocycles. The van der Waals surface area contributed by atoms with Crippen molar-refractivity contribution in [3.63, 3.8) is 0 Å². The highest BCUT2D eigenvalue weighted by Crippen LogP contribution is 2.27. The molecule has 0 aliphatic rings. The lowest BCUT2D eigenvalue weighted by Gasteiger charge is -2.09. The summed E-state index contributed by atoms with van der Waals surface area (Å²) >= 11 is 17.6. The number of carboxylic acids is 1. The van der Waals surface area contributed by atoms with Crippen molar-refractivity contribution in [3.05, 3.63) is 62.6 Å². The van der Waals surface area contributed by atoms with E-state index in [1.54, 1.807) is 12.1 Å². The summed E-state index contributed by atoms with van der Waals surface area (Å²) in [5.74, 6) is -1.68. The van der Waals surface area contributed by atoms with Crippen LogP contribution in [0, 0.1) is 0 Å². The molecule has 108 valence electrons. The molecule has 0 bridgehead atoms. The van der Waals surface area contributed by atoms with Crippen LogP contribution in [0.25, 0.3) is 0 Å². The number of hydrogen-bond donors (Lipinski definition) is 2. The maximum absolute atomic E-state index is 12.1. The molecule has 4 nitrogen and oxygen atoms in total. The minimum Gasteiger partial charge on any atom is -0.478 e. The van der Waals surface area contributed by atoms with Gasteiger partial charge in [-0.15, -0.1) is 0 Å². The topological polar surface area (TPSA) is 66.4 Å². The minimum atomic E-state index is -1.18. The lowest BCUT2D eigenvalue weighted by Crippen LogP contribution is -2.13. The van der Waals surface area contributed by atoms with Crippen molar-refractivity contribution in [3.8, 4) is 0 Å². The Kier molecular flexibility index (Phi) is 4.73. The lowest BCUT2D eigenvalue weighted by molar-refractivity contribution is 0.0696. The van der Waals surface area contributed by atoms with Crippen LogP contribution in [-0.4, -0.2) is 17.0 Å². The molecular formula is C14H8Cl3NO3. The standard InChI is InChI=1S/C14H8Cl3NO3/c15-10-5-4-7(6-9(10)14(20)21)18-13(19)8-2-1-3-11(16)12(8)17/h1-6H,(H,18,19)(H,20,21). The Morgan fingerprint density at radius 1 is 0.952 bits per heavy atom. The number of hydrogen-bond acceptors (Lipinski definition) is 2. The highest BCUT2D eigenvalue weighted by atomic mass is 35.5. The number of halogens is 3. The van der Waals surface area contributed by atoms with Crippen LogP contribution in [-0.2, 0) is 0 Å². The molecule has 2 N–H and O–H groups in total. The van der Waals surface area contributed by atoms with Gasteiger partial charge in [-0.05, 0) is 30.3 Å². The molecule has 0 aliphatic carbocycles. The quantitative estimate of drug-likeness (QED) is 0.855. The Hall–Kier alpha value is -1.75. The van der Waals surface area contributed by atoms with Crippen LogP contribution in [0.1, 0.15) is 20.7 Å². The summed E-state index contributed by atoms with van der Waals surface area (Å²) in [6.07, 6.45) is 0.